The van der Waals surface area contributed by atoms with E-state index in [0.29, 0.717) is 17.9 Å². The van der Waals surface area contributed by atoms with Crippen molar-refractivity contribution in [1.82, 2.24) is 9.97 Å². The van der Waals surface area contributed by atoms with Gasteiger partial charge >= 0.3 is 0 Å². The first kappa shape index (κ1) is 14.6. The van der Waals surface area contributed by atoms with Crippen LogP contribution in [0.2, 0.25) is 5.02 Å². The van der Waals surface area contributed by atoms with E-state index in [4.69, 9.17) is 16.3 Å². The minimum absolute atomic E-state index is 0.363. The average molecular weight is 327 g/mol. The lowest BCUT2D eigenvalue weighted by Gasteiger charge is -2.07. The van der Waals surface area contributed by atoms with Crippen LogP contribution in [0.1, 0.15) is 38.3 Å². The number of aromatic nitrogens is 2. The molecule has 0 radical (unpaired) electrons. The lowest BCUT2D eigenvalue weighted by atomic mass is 10.1. The van der Waals surface area contributed by atoms with Gasteiger partial charge in [0.1, 0.15) is 6.10 Å². The van der Waals surface area contributed by atoms with E-state index in [0.717, 1.165) is 39.9 Å². The van der Waals surface area contributed by atoms with E-state index < -0.39 is 0 Å². The number of ether oxygens (including phenoxy) is 1. The molecule has 0 amide bonds. The van der Waals surface area contributed by atoms with Gasteiger partial charge in [-0.2, -0.15) is 0 Å². The molecular weight excluding hydrogens is 308 g/mol. The number of benzene rings is 1. The molecule has 2 aromatic heterocycles. The van der Waals surface area contributed by atoms with Crippen LogP contribution in [0.15, 0.2) is 36.5 Å². The SMILES string of the molecule is CC(C)c1cc2cc(Cl)c(-c3ccc(OC4CC4)nc3)cc2[nH]1. The third kappa shape index (κ3) is 2.93. The number of halogens is 1. The highest BCUT2D eigenvalue weighted by atomic mass is 35.5. The number of hydrogen-bond acceptors (Lipinski definition) is 2. The van der Waals surface area contributed by atoms with Crippen molar-refractivity contribution < 1.29 is 4.74 Å². The first-order valence-corrected chi connectivity index (χ1v) is 8.43. The number of pyridine rings is 1. The second kappa shape index (κ2) is 5.57. The number of aromatic amines is 1. The largest absolute Gasteiger partial charge is 0.474 e. The van der Waals surface area contributed by atoms with E-state index in [9.17, 15) is 0 Å². The van der Waals surface area contributed by atoms with E-state index >= 15 is 0 Å². The van der Waals surface area contributed by atoms with Crippen LogP contribution >= 0.6 is 11.6 Å². The van der Waals surface area contributed by atoms with Crippen LogP contribution in [0.25, 0.3) is 22.0 Å². The maximum Gasteiger partial charge on any atom is 0.213 e. The maximum absolute atomic E-state index is 6.49. The predicted molar refractivity (Wildman–Crippen MR) is 94.3 cm³/mol. The molecule has 0 bridgehead atoms. The highest BCUT2D eigenvalue weighted by Crippen LogP contribution is 2.34. The van der Waals surface area contributed by atoms with Crippen LogP contribution in [0, 0.1) is 0 Å². The van der Waals surface area contributed by atoms with Crippen LogP contribution in [0.3, 0.4) is 0 Å². The highest BCUT2D eigenvalue weighted by Gasteiger charge is 2.23. The van der Waals surface area contributed by atoms with Crippen LogP contribution in [0.4, 0.5) is 0 Å². The van der Waals surface area contributed by atoms with Gasteiger partial charge in [0.15, 0.2) is 0 Å². The predicted octanol–water partition coefficient (Wildman–Crippen LogP) is 5.55. The molecule has 0 atom stereocenters. The first-order chi connectivity index (χ1) is 11.1. The van der Waals surface area contributed by atoms with Crippen molar-refractivity contribution in [2.45, 2.75) is 38.7 Å². The number of H-pyrrole nitrogens is 1. The Kier molecular flexibility index (Phi) is 3.53. The summed E-state index contributed by atoms with van der Waals surface area (Å²) in [6, 6.07) is 10.2. The lowest BCUT2D eigenvalue weighted by Crippen LogP contribution is -1.97. The van der Waals surface area contributed by atoms with E-state index in [1.54, 1.807) is 0 Å². The third-order valence-corrected chi connectivity index (χ3v) is 4.52. The summed E-state index contributed by atoms with van der Waals surface area (Å²) in [6.07, 6.45) is 4.46. The summed E-state index contributed by atoms with van der Waals surface area (Å²) >= 11 is 6.49. The van der Waals surface area contributed by atoms with Gasteiger partial charge in [-0.3, -0.25) is 0 Å². The molecule has 3 aromatic rings. The summed E-state index contributed by atoms with van der Waals surface area (Å²) in [6.45, 7) is 4.35. The number of rotatable bonds is 4. The molecule has 0 aliphatic heterocycles. The third-order valence-electron chi connectivity index (χ3n) is 4.21. The second-order valence-electron chi connectivity index (χ2n) is 6.50. The molecule has 1 saturated carbocycles. The van der Waals surface area contributed by atoms with Crippen molar-refractivity contribution in [2.75, 3.05) is 0 Å². The molecule has 4 rings (SSSR count). The fraction of sp³-hybridized carbons (Fsp3) is 0.316. The molecule has 2 heterocycles. The van der Waals surface area contributed by atoms with E-state index in [2.05, 4.69) is 35.9 Å². The van der Waals surface area contributed by atoms with Gasteiger partial charge < -0.3 is 9.72 Å². The molecule has 1 N–H and O–H groups in total. The Morgan fingerprint density at radius 2 is 2.04 bits per heavy atom. The Bertz CT molecular complexity index is 848. The van der Waals surface area contributed by atoms with Crippen molar-refractivity contribution in [3.05, 3.63) is 47.2 Å². The van der Waals surface area contributed by atoms with Crippen molar-refractivity contribution in [3.63, 3.8) is 0 Å². The first-order valence-electron chi connectivity index (χ1n) is 8.05. The highest BCUT2D eigenvalue weighted by molar-refractivity contribution is 6.34. The smallest absolute Gasteiger partial charge is 0.213 e. The van der Waals surface area contributed by atoms with Gasteiger partial charge in [0, 0.05) is 45.0 Å². The number of fused-ring (bicyclic) bond motifs is 1. The Morgan fingerprint density at radius 3 is 2.70 bits per heavy atom. The molecule has 1 aliphatic rings. The molecular formula is C19H19ClN2O. The van der Waals surface area contributed by atoms with E-state index in [1.165, 1.54) is 5.69 Å². The van der Waals surface area contributed by atoms with Crippen molar-refractivity contribution in [1.29, 1.82) is 0 Å². The molecule has 1 aromatic carbocycles. The summed E-state index contributed by atoms with van der Waals surface area (Å²) in [5, 5.41) is 1.88. The summed E-state index contributed by atoms with van der Waals surface area (Å²) in [5.41, 5.74) is 4.31. The Labute approximate surface area is 140 Å². The molecule has 118 valence electrons. The normalized spacial score (nSPS) is 14.6. The summed E-state index contributed by atoms with van der Waals surface area (Å²) in [7, 11) is 0. The molecule has 1 fully saturated rings. The van der Waals surface area contributed by atoms with Gasteiger partial charge in [0.2, 0.25) is 5.88 Å². The van der Waals surface area contributed by atoms with Crippen molar-refractivity contribution in [3.8, 4) is 17.0 Å². The summed E-state index contributed by atoms with van der Waals surface area (Å²) in [5.74, 6) is 1.15. The van der Waals surface area contributed by atoms with Crippen LogP contribution < -0.4 is 4.74 Å². The van der Waals surface area contributed by atoms with Crippen LogP contribution in [-0.4, -0.2) is 16.1 Å². The second-order valence-corrected chi connectivity index (χ2v) is 6.91. The van der Waals surface area contributed by atoms with E-state index in [-0.39, 0.29) is 0 Å². The fourth-order valence-corrected chi connectivity index (χ4v) is 2.95. The topological polar surface area (TPSA) is 37.9 Å². The Balaban J connectivity index is 1.70. The lowest BCUT2D eigenvalue weighted by molar-refractivity contribution is 0.291. The minimum atomic E-state index is 0.363. The van der Waals surface area contributed by atoms with Gasteiger partial charge in [-0.15, -0.1) is 0 Å². The molecule has 0 unspecified atom stereocenters. The molecule has 23 heavy (non-hydrogen) atoms. The molecule has 3 nitrogen and oxygen atoms in total. The number of hydrogen-bond donors (Lipinski definition) is 1. The molecule has 0 saturated heterocycles. The summed E-state index contributed by atoms with van der Waals surface area (Å²) < 4.78 is 5.70. The fourth-order valence-electron chi connectivity index (χ4n) is 2.67. The van der Waals surface area contributed by atoms with Crippen molar-refractivity contribution in [2.24, 2.45) is 0 Å². The number of nitrogens with one attached hydrogen (secondary N) is 1. The zero-order chi connectivity index (χ0) is 16.0. The zero-order valence-electron chi connectivity index (χ0n) is 13.3. The Morgan fingerprint density at radius 1 is 1.22 bits per heavy atom. The standard InChI is InChI=1S/C19H19ClN2O/c1-11(2)17-8-13-7-16(20)15(9-18(13)22-17)12-3-6-19(21-10-12)23-14-4-5-14/h3,6-11,14,22H,4-5H2,1-2H3. The average Bonchev–Trinajstić information content (AvgIpc) is 3.24. The van der Waals surface area contributed by atoms with Gasteiger partial charge in [-0.25, -0.2) is 4.98 Å². The molecule has 0 spiro atoms. The van der Waals surface area contributed by atoms with Crippen LogP contribution in [-0.2, 0) is 0 Å². The number of nitrogens with zero attached hydrogens (tertiary/aromatic N) is 1. The van der Waals surface area contributed by atoms with Gasteiger partial charge in [0.05, 0.1) is 0 Å². The van der Waals surface area contributed by atoms with Crippen molar-refractivity contribution >= 4 is 22.5 Å². The van der Waals surface area contributed by atoms with Gasteiger partial charge in [-0.1, -0.05) is 25.4 Å². The zero-order valence-corrected chi connectivity index (χ0v) is 14.0. The monoisotopic (exact) mass is 326 g/mol. The van der Waals surface area contributed by atoms with E-state index in [1.807, 2.05) is 24.4 Å². The molecule has 1 aliphatic carbocycles. The van der Waals surface area contributed by atoms with Gasteiger partial charge in [0.25, 0.3) is 0 Å². The minimum Gasteiger partial charge on any atom is -0.474 e. The Hall–Kier alpha value is -2.00. The maximum atomic E-state index is 6.49. The molecule has 4 heteroatoms. The quantitative estimate of drug-likeness (QED) is 0.682. The van der Waals surface area contributed by atoms with Crippen LogP contribution in [0.5, 0.6) is 5.88 Å². The summed E-state index contributed by atoms with van der Waals surface area (Å²) in [4.78, 5) is 7.87. The van der Waals surface area contributed by atoms with Gasteiger partial charge in [-0.05, 0) is 43.0 Å².